The molecule has 0 fully saturated rings. The highest BCUT2D eigenvalue weighted by atomic mass is 35.5. The van der Waals surface area contributed by atoms with E-state index in [1.807, 2.05) is 13.0 Å². The van der Waals surface area contributed by atoms with Gasteiger partial charge >= 0.3 is 0 Å². The van der Waals surface area contributed by atoms with Crippen LogP contribution in [0.15, 0.2) is 46.0 Å². The molecule has 1 aromatic carbocycles. The Morgan fingerprint density at radius 1 is 1.50 bits per heavy atom. The molecule has 1 heterocycles. The van der Waals surface area contributed by atoms with Crippen molar-refractivity contribution in [2.24, 2.45) is 5.10 Å². The zero-order chi connectivity index (χ0) is 14.4. The number of aromatic nitrogens is 2. The van der Waals surface area contributed by atoms with Crippen LogP contribution in [-0.2, 0) is 4.79 Å². The van der Waals surface area contributed by atoms with Crippen LogP contribution in [0, 0.1) is 0 Å². The van der Waals surface area contributed by atoms with Gasteiger partial charge in [-0.1, -0.05) is 35.0 Å². The van der Waals surface area contributed by atoms with E-state index < -0.39 is 0 Å². The van der Waals surface area contributed by atoms with Crippen molar-refractivity contribution in [1.82, 2.24) is 15.6 Å². The van der Waals surface area contributed by atoms with Crippen LogP contribution in [0.5, 0.6) is 0 Å². The molecule has 6 nitrogen and oxygen atoms in total. The Bertz CT molecular complexity index is 664. The third-order valence-electron chi connectivity index (χ3n) is 2.29. The first-order valence-electron chi connectivity index (χ1n) is 5.74. The molecule has 0 bridgehead atoms. The van der Waals surface area contributed by atoms with Crippen LogP contribution in [0.1, 0.15) is 12.8 Å². The molecule has 1 N–H and O–H groups in total. The minimum absolute atomic E-state index is 0.201. The number of halogens is 1. The second-order valence-electron chi connectivity index (χ2n) is 3.68. The van der Waals surface area contributed by atoms with Crippen LogP contribution in [0.3, 0.4) is 0 Å². The number of allylic oxidation sites excluding steroid dienone is 2. The van der Waals surface area contributed by atoms with Crippen LogP contribution in [0.4, 0.5) is 0 Å². The Balaban J connectivity index is 2.34. The quantitative estimate of drug-likeness (QED) is 0.521. The molecule has 1 amide bonds. The number of benzene rings is 1. The lowest BCUT2D eigenvalue weighted by Gasteiger charge is -1.94. The van der Waals surface area contributed by atoms with E-state index in [-0.39, 0.29) is 5.89 Å². The summed E-state index contributed by atoms with van der Waals surface area (Å²) in [5, 5.41) is 8.26. The van der Waals surface area contributed by atoms with Crippen molar-refractivity contribution in [3.8, 4) is 11.4 Å². The summed E-state index contributed by atoms with van der Waals surface area (Å²) in [4.78, 5) is 14.5. The average molecular weight is 291 g/mol. The molecular weight excluding hydrogens is 280 g/mol. The monoisotopic (exact) mass is 290 g/mol. The van der Waals surface area contributed by atoms with E-state index in [1.165, 1.54) is 0 Å². The second-order valence-corrected chi connectivity index (χ2v) is 4.11. The fourth-order valence-corrected chi connectivity index (χ4v) is 1.67. The maximum absolute atomic E-state index is 10.3. The van der Waals surface area contributed by atoms with Gasteiger partial charge in [-0.2, -0.15) is 10.1 Å². The molecule has 7 heteroatoms. The second kappa shape index (κ2) is 6.63. The third kappa shape index (κ3) is 3.30. The van der Waals surface area contributed by atoms with Gasteiger partial charge in [0, 0.05) is 10.6 Å². The summed E-state index contributed by atoms with van der Waals surface area (Å²) in [6.07, 6.45) is 3.85. The minimum Gasteiger partial charge on any atom is -0.332 e. The molecule has 0 aliphatic heterocycles. The highest BCUT2D eigenvalue weighted by Crippen LogP contribution is 2.20. The zero-order valence-electron chi connectivity index (χ0n) is 10.6. The van der Waals surface area contributed by atoms with E-state index in [2.05, 4.69) is 20.7 Å². The molecule has 1 aromatic heterocycles. The van der Waals surface area contributed by atoms with Crippen molar-refractivity contribution in [3.05, 3.63) is 47.3 Å². The standard InChI is InChI=1S/C13H11ClN4O2/c1-2-4-11(17-15-8-19)13-16-12(18-20-13)9-5-3-6-10(14)7-9/h2-8H,1H3,(H,15,19)/b4-2-,17-11+. The molecule has 0 saturated heterocycles. The van der Waals surface area contributed by atoms with Gasteiger partial charge in [-0.3, -0.25) is 4.79 Å². The zero-order valence-corrected chi connectivity index (χ0v) is 11.3. The maximum atomic E-state index is 10.3. The molecule has 0 atom stereocenters. The molecule has 0 aliphatic rings. The Kier molecular flexibility index (Phi) is 4.62. The van der Waals surface area contributed by atoms with E-state index >= 15 is 0 Å². The Labute approximate surface area is 120 Å². The molecule has 0 spiro atoms. The number of nitrogens with one attached hydrogen (secondary N) is 1. The lowest BCUT2D eigenvalue weighted by atomic mass is 10.2. The van der Waals surface area contributed by atoms with Gasteiger partial charge in [0.2, 0.25) is 12.2 Å². The SMILES string of the molecule is C/C=C\C(=N/NC=O)c1nc(-c2cccc(Cl)c2)no1. The summed E-state index contributed by atoms with van der Waals surface area (Å²) in [6.45, 7) is 1.81. The Morgan fingerprint density at radius 3 is 3.05 bits per heavy atom. The summed E-state index contributed by atoms with van der Waals surface area (Å²) >= 11 is 5.91. The summed E-state index contributed by atoms with van der Waals surface area (Å²) < 4.78 is 5.13. The van der Waals surface area contributed by atoms with Gasteiger partial charge < -0.3 is 4.52 Å². The summed E-state index contributed by atoms with van der Waals surface area (Å²) in [6, 6.07) is 7.10. The first-order valence-corrected chi connectivity index (χ1v) is 6.12. The fraction of sp³-hybridized carbons (Fsp3) is 0.0769. The van der Waals surface area contributed by atoms with Crippen LogP contribution in [0.2, 0.25) is 5.02 Å². The van der Waals surface area contributed by atoms with Crippen molar-refractivity contribution in [1.29, 1.82) is 0 Å². The number of nitrogens with zero attached hydrogens (tertiary/aromatic N) is 3. The van der Waals surface area contributed by atoms with E-state index in [0.717, 1.165) is 5.56 Å². The summed E-state index contributed by atoms with van der Waals surface area (Å²) in [5.41, 5.74) is 3.29. The number of amides is 1. The molecule has 0 radical (unpaired) electrons. The van der Waals surface area contributed by atoms with Gasteiger partial charge in [-0.05, 0) is 25.1 Å². The molecule has 0 aliphatic carbocycles. The number of hydrogen-bond donors (Lipinski definition) is 1. The number of hydrogen-bond acceptors (Lipinski definition) is 5. The van der Waals surface area contributed by atoms with Gasteiger partial charge in [0.15, 0.2) is 0 Å². The highest BCUT2D eigenvalue weighted by molar-refractivity contribution is 6.30. The predicted molar refractivity (Wildman–Crippen MR) is 75.3 cm³/mol. The van der Waals surface area contributed by atoms with Gasteiger partial charge in [0.25, 0.3) is 5.89 Å². The van der Waals surface area contributed by atoms with Gasteiger partial charge in [0.05, 0.1) is 0 Å². The fourth-order valence-electron chi connectivity index (χ4n) is 1.48. The molecule has 0 saturated carbocycles. The van der Waals surface area contributed by atoms with E-state index in [1.54, 1.807) is 30.4 Å². The average Bonchev–Trinajstić information content (AvgIpc) is 2.93. The van der Waals surface area contributed by atoms with Gasteiger partial charge in [-0.25, -0.2) is 5.43 Å². The number of carbonyl (C=O) groups excluding carboxylic acids is 1. The molecule has 2 rings (SSSR count). The Hall–Kier alpha value is -2.47. The molecule has 2 aromatic rings. The third-order valence-corrected chi connectivity index (χ3v) is 2.53. The van der Waals surface area contributed by atoms with Crippen molar-refractivity contribution in [2.75, 3.05) is 0 Å². The number of hydrazone groups is 1. The van der Waals surface area contributed by atoms with Crippen LogP contribution < -0.4 is 5.43 Å². The largest absolute Gasteiger partial charge is 0.332 e. The minimum atomic E-state index is 0.201. The van der Waals surface area contributed by atoms with E-state index in [4.69, 9.17) is 16.1 Å². The van der Waals surface area contributed by atoms with Crippen LogP contribution in [-0.4, -0.2) is 22.3 Å². The van der Waals surface area contributed by atoms with Crippen molar-refractivity contribution < 1.29 is 9.32 Å². The van der Waals surface area contributed by atoms with Gasteiger partial charge in [-0.15, -0.1) is 0 Å². The first kappa shape index (κ1) is 14.0. The van der Waals surface area contributed by atoms with E-state index in [9.17, 15) is 4.79 Å². The summed E-state index contributed by atoms with van der Waals surface area (Å²) in [5.74, 6) is 0.596. The Morgan fingerprint density at radius 2 is 2.35 bits per heavy atom. The van der Waals surface area contributed by atoms with Crippen molar-refractivity contribution in [3.63, 3.8) is 0 Å². The van der Waals surface area contributed by atoms with Crippen molar-refractivity contribution >= 4 is 23.7 Å². The van der Waals surface area contributed by atoms with Crippen LogP contribution >= 0.6 is 11.6 Å². The highest BCUT2D eigenvalue weighted by Gasteiger charge is 2.12. The maximum Gasteiger partial charge on any atom is 0.278 e. The molecule has 20 heavy (non-hydrogen) atoms. The lowest BCUT2D eigenvalue weighted by Crippen LogP contribution is -2.07. The van der Waals surface area contributed by atoms with Crippen LogP contribution in [0.25, 0.3) is 11.4 Å². The van der Waals surface area contributed by atoms with E-state index in [0.29, 0.717) is 23.0 Å². The predicted octanol–water partition coefficient (Wildman–Crippen LogP) is 2.42. The first-order chi connectivity index (χ1) is 9.74. The number of carbonyl (C=O) groups is 1. The molecule has 102 valence electrons. The molecule has 0 unspecified atom stereocenters. The smallest absolute Gasteiger partial charge is 0.278 e. The lowest BCUT2D eigenvalue weighted by molar-refractivity contribution is -0.109. The van der Waals surface area contributed by atoms with Gasteiger partial charge in [0.1, 0.15) is 5.71 Å². The van der Waals surface area contributed by atoms with Crippen molar-refractivity contribution in [2.45, 2.75) is 6.92 Å². The normalized spacial score (nSPS) is 11.8. The number of rotatable bonds is 5. The molecular formula is C13H11ClN4O2. The summed E-state index contributed by atoms with van der Waals surface area (Å²) in [7, 11) is 0. The topological polar surface area (TPSA) is 80.4 Å².